The Morgan fingerprint density at radius 3 is 1.95 bits per heavy atom. The smallest absolute Gasteiger partial charge is 0.359 e. The van der Waals surface area contributed by atoms with Crippen LogP contribution < -0.4 is 4.43 Å². The predicted octanol–water partition coefficient (Wildman–Crippen LogP) is 10.6. The summed E-state index contributed by atoms with van der Waals surface area (Å²) >= 11 is 0. The van der Waals surface area contributed by atoms with Crippen molar-refractivity contribution >= 4 is 52.8 Å². The molecule has 350 valence electrons. The summed E-state index contributed by atoms with van der Waals surface area (Å²) < 4.78 is 49.1. The van der Waals surface area contributed by atoms with Crippen molar-refractivity contribution in [1.29, 1.82) is 0 Å². The maximum absolute atomic E-state index is 13.5. The van der Waals surface area contributed by atoms with Gasteiger partial charge in [0.25, 0.3) is 10.1 Å². The van der Waals surface area contributed by atoms with E-state index in [2.05, 4.69) is 38.6 Å². The zero-order valence-corrected chi connectivity index (χ0v) is 41.9. The van der Waals surface area contributed by atoms with Crippen molar-refractivity contribution in [2.45, 2.75) is 113 Å². The van der Waals surface area contributed by atoms with Gasteiger partial charge in [-0.1, -0.05) is 96.1 Å². The first-order valence-electron chi connectivity index (χ1n) is 21.9. The van der Waals surface area contributed by atoms with Crippen LogP contribution in [0.25, 0.3) is 27.8 Å². The molecule has 3 aromatic carbocycles. The van der Waals surface area contributed by atoms with Crippen LogP contribution in [0.4, 0.5) is 0 Å². The van der Waals surface area contributed by atoms with Crippen molar-refractivity contribution in [3.05, 3.63) is 102 Å². The first-order chi connectivity index (χ1) is 30.3. The summed E-state index contributed by atoms with van der Waals surface area (Å²) in [7, 11) is -6.23. The number of hydrogen-bond acceptors (Lipinski definition) is 12. The Hall–Kier alpha value is -5.51. The Morgan fingerprint density at radius 2 is 1.38 bits per heavy atom. The van der Waals surface area contributed by atoms with E-state index in [1.165, 1.54) is 26.0 Å². The van der Waals surface area contributed by atoms with Crippen LogP contribution in [0.1, 0.15) is 104 Å². The van der Waals surface area contributed by atoms with E-state index in [1.807, 2.05) is 87.5 Å². The fourth-order valence-electron chi connectivity index (χ4n) is 6.40. The third kappa shape index (κ3) is 13.3. The maximum atomic E-state index is 13.5. The van der Waals surface area contributed by atoms with Crippen molar-refractivity contribution in [2.75, 3.05) is 19.8 Å². The SMILES string of the molecule is CCC(C)(C)C(=O)OCCOC(=O)c1nn(-c2ccccc2)c(O[Si](C)(C)C)c1-c1ccc2ccccc2n1.CCC(C)c1ccc(S(=O)(=O)OCC(C)(C(C)=O)C(=O)C(C)(C)C)cc1. The lowest BCUT2D eigenvalue weighted by Crippen LogP contribution is -2.45. The number of rotatable bonds is 18. The molecule has 0 fully saturated rings. The lowest BCUT2D eigenvalue weighted by Gasteiger charge is -2.31. The maximum Gasteiger partial charge on any atom is 0.359 e. The van der Waals surface area contributed by atoms with E-state index in [-0.39, 0.29) is 35.6 Å². The van der Waals surface area contributed by atoms with Gasteiger partial charge in [0.2, 0.25) is 14.2 Å². The average Bonchev–Trinajstić information content (AvgIpc) is 3.63. The molecular formula is C50H65N3O10SSi. The Labute approximate surface area is 385 Å². The number of hydrogen-bond donors (Lipinski definition) is 0. The van der Waals surface area contributed by atoms with Gasteiger partial charge in [0, 0.05) is 10.8 Å². The van der Waals surface area contributed by atoms with E-state index in [4.69, 9.17) is 23.1 Å². The molecule has 0 saturated heterocycles. The molecule has 5 aromatic rings. The highest BCUT2D eigenvalue weighted by molar-refractivity contribution is 7.86. The van der Waals surface area contributed by atoms with Gasteiger partial charge in [0.05, 0.1) is 39.4 Å². The third-order valence-corrected chi connectivity index (χ3v) is 13.2. The molecular weight excluding hydrogens is 863 g/mol. The Morgan fingerprint density at radius 1 is 0.785 bits per heavy atom. The molecule has 0 radical (unpaired) electrons. The van der Waals surface area contributed by atoms with Gasteiger partial charge in [0.1, 0.15) is 24.4 Å². The van der Waals surface area contributed by atoms with Gasteiger partial charge in [0.15, 0.2) is 11.5 Å². The number of ether oxygens (including phenoxy) is 2. The number of ketones is 2. The Kier molecular flexibility index (Phi) is 17.0. The largest absolute Gasteiger partial charge is 0.531 e. The number of pyridine rings is 1. The third-order valence-electron chi connectivity index (χ3n) is 11.1. The van der Waals surface area contributed by atoms with Crippen molar-refractivity contribution in [1.82, 2.24) is 14.8 Å². The minimum Gasteiger partial charge on any atom is -0.531 e. The van der Waals surface area contributed by atoms with Crippen molar-refractivity contribution < 1.29 is 45.7 Å². The van der Waals surface area contributed by atoms with Crippen LogP contribution in [-0.2, 0) is 38.2 Å². The summed E-state index contributed by atoms with van der Waals surface area (Å²) in [5.74, 6) is -0.981. The first kappa shape index (κ1) is 52.1. The number of aromatic nitrogens is 3. The molecule has 15 heteroatoms. The molecule has 13 nitrogen and oxygen atoms in total. The van der Waals surface area contributed by atoms with Crippen LogP contribution in [0.3, 0.4) is 0 Å². The Bertz CT molecular complexity index is 2580. The van der Waals surface area contributed by atoms with E-state index in [9.17, 15) is 27.6 Å². The van der Waals surface area contributed by atoms with E-state index >= 15 is 0 Å². The first-order valence-corrected chi connectivity index (χ1v) is 26.7. The number of fused-ring (bicyclic) bond motifs is 1. The molecule has 0 spiro atoms. The van der Waals surface area contributed by atoms with Gasteiger partial charge in [-0.3, -0.25) is 18.6 Å². The topological polar surface area (TPSA) is 170 Å². The van der Waals surface area contributed by atoms with Crippen LogP contribution in [0.5, 0.6) is 5.88 Å². The van der Waals surface area contributed by atoms with Gasteiger partial charge < -0.3 is 13.9 Å². The predicted molar refractivity (Wildman–Crippen MR) is 255 cm³/mol. The Balaban J connectivity index is 0.000000310. The fourth-order valence-corrected chi connectivity index (χ4v) is 8.17. The summed E-state index contributed by atoms with van der Waals surface area (Å²) in [6, 6.07) is 27.6. The normalized spacial score (nSPS) is 13.5. The van der Waals surface area contributed by atoms with Gasteiger partial charge in [-0.25, -0.2) is 14.5 Å². The molecule has 0 bridgehead atoms. The minimum atomic E-state index is -4.06. The number of nitrogens with zero attached hydrogens (tertiary/aromatic N) is 3. The lowest BCUT2D eigenvalue weighted by molar-refractivity contribution is -0.155. The second-order valence-electron chi connectivity index (χ2n) is 19.0. The molecule has 0 saturated carbocycles. The quantitative estimate of drug-likeness (QED) is 0.0268. The van der Waals surface area contributed by atoms with Crippen molar-refractivity contribution in [3.8, 4) is 22.8 Å². The van der Waals surface area contributed by atoms with Crippen LogP contribution in [0.15, 0.2) is 95.9 Å². The van der Waals surface area contributed by atoms with Gasteiger partial charge in [-0.2, -0.15) is 13.5 Å². The minimum absolute atomic E-state index is 0.0127. The highest BCUT2D eigenvalue weighted by Crippen LogP contribution is 2.38. The molecule has 5 rings (SSSR count). The summed E-state index contributed by atoms with van der Waals surface area (Å²) in [5, 5.41) is 5.66. The fraction of sp³-hybridized carbons (Fsp3) is 0.440. The van der Waals surface area contributed by atoms with Crippen LogP contribution in [-0.4, -0.2) is 74.8 Å². The highest BCUT2D eigenvalue weighted by Gasteiger charge is 2.45. The molecule has 2 unspecified atom stereocenters. The molecule has 2 heterocycles. The molecule has 65 heavy (non-hydrogen) atoms. The second-order valence-corrected chi connectivity index (χ2v) is 25.0. The summed E-state index contributed by atoms with van der Waals surface area (Å²) in [6.07, 6.45) is 1.60. The van der Waals surface area contributed by atoms with E-state index in [0.717, 1.165) is 28.6 Å². The molecule has 2 atom stereocenters. The molecule has 0 aliphatic rings. The van der Waals surface area contributed by atoms with Gasteiger partial charge in [-0.15, -0.1) is 0 Å². The average molecular weight is 928 g/mol. The van der Waals surface area contributed by atoms with Crippen molar-refractivity contribution in [3.63, 3.8) is 0 Å². The zero-order chi connectivity index (χ0) is 48.5. The monoisotopic (exact) mass is 927 g/mol. The highest BCUT2D eigenvalue weighted by atomic mass is 32.2. The van der Waals surface area contributed by atoms with Gasteiger partial charge >= 0.3 is 11.9 Å². The molecule has 0 aliphatic heterocycles. The number of benzene rings is 3. The molecule has 0 aliphatic carbocycles. The second kappa shape index (κ2) is 21.2. The summed E-state index contributed by atoms with van der Waals surface area (Å²) in [5.41, 5.74) is 0.754. The lowest BCUT2D eigenvalue weighted by atomic mass is 9.72. The number of carbonyl (C=O) groups is 4. The zero-order valence-electron chi connectivity index (χ0n) is 40.1. The number of esters is 2. The molecule has 0 N–H and O–H groups in total. The number of carbonyl (C=O) groups excluding carboxylic acids is 4. The summed E-state index contributed by atoms with van der Waals surface area (Å²) in [4.78, 5) is 55.3. The summed E-state index contributed by atoms with van der Waals surface area (Å²) in [6.45, 7) is 23.0. The number of Topliss-reactive ketones (excluding diaryl/α,β-unsaturated/α-hetero) is 2. The van der Waals surface area contributed by atoms with Crippen molar-refractivity contribution in [2.24, 2.45) is 16.2 Å². The van der Waals surface area contributed by atoms with Gasteiger partial charge in [-0.05, 0) is 108 Å². The molecule has 0 amide bonds. The van der Waals surface area contributed by atoms with E-state index < -0.39 is 53.0 Å². The van der Waals surface area contributed by atoms with Crippen LogP contribution in [0.2, 0.25) is 19.6 Å². The standard InChI is InChI=1S/C30H35N3O5Si.C20H30O5S/c1-7-30(2,3)29(35)37-20-19-36-28(34)26-25(24-18-17-21-13-11-12-16-23(21)31-24)27(38-39(4,5)6)33(32-26)22-14-9-8-10-15-22;1-8-14(2)16-9-11-17(12-10-16)26(23,24)25-13-20(7,15(3)21)18(22)19(4,5)6/h8-18H,7,19-20H2,1-6H3;9-12,14H,8,13H2,1-7H3. The van der Waals surface area contributed by atoms with Crippen LogP contribution in [0, 0.1) is 16.2 Å². The van der Waals surface area contributed by atoms with Crippen LogP contribution >= 0.6 is 0 Å². The number of para-hydroxylation sites is 2. The molecule has 2 aromatic heterocycles. The van der Waals surface area contributed by atoms with E-state index in [1.54, 1.807) is 37.6 Å². The van der Waals surface area contributed by atoms with E-state index in [0.29, 0.717) is 29.5 Å².